The summed E-state index contributed by atoms with van der Waals surface area (Å²) >= 11 is 0. The highest BCUT2D eigenvalue weighted by molar-refractivity contribution is 7.89. The minimum absolute atomic E-state index is 0.0650. The maximum absolute atomic E-state index is 13.4. The minimum atomic E-state index is -3.85. The minimum Gasteiger partial charge on any atom is -0.497 e. The van der Waals surface area contributed by atoms with Crippen LogP contribution in [0.1, 0.15) is 28.8 Å². The fourth-order valence-corrected chi connectivity index (χ4v) is 6.84. The molecule has 2 amide bonds. The second kappa shape index (κ2) is 11.8. The Morgan fingerprint density at radius 1 is 0.878 bits per heavy atom. The predicted molar refractivity (Wildman–Crippen MR) is 154 cm³/mol. The number of methoxy groups -OCH3 is 3. The van der Waals surface area contributed by atoms with Crippen LogP contribution in [0.4, 0.5) is 11.4 Å². The molecule has 41 heavy (non-hydrogen) atoms. The van der Waals surface area contributed by atoms with Crippen LogP contribution in [0.15, 0.2) is 65.6 Å². The molecule has 11 heteroatoms. The number of hydrogen-bond acceptors (Lipinski definition) is 7. The van der Waals surface area contributed by atoms with Crippen LogP contribution < -0.4 is 24.4 Å². The number of benzene rings is 3. The van der Waals surface area contributed by atoms with Crippen molar-refractivity contribution in [2.45, 2.75) is 24.2 Å². The van der Waals surface area contributed by atoms with Gasteiger partial charge in [0.25, 0.3) is 5.91 Å². The molecule has 0 aliphatic carbocycles. The van der Waals surface area contributed by atoms with E-state index in [0.29, 0.717) is 54.4 Å². The van der Waals surface area contributed by atoms with Crippen molar-refractivity contribution in [3.63, 3.8) is 0 Å². The van der Waals surface area contributed by atoms with Crippen molar-refractivity contribution in [3.05, 3.63) is 71.8 Å². The highest BCUT2D eigenvalue weighted by Crippen LogP contribution is 2.34. The number of piperidine rings is 1. The van der Waals surface area contributed by atoms with Gasteiger partial charge in [0.2, 0.25) is 15.9 Å². The average molecular weight is 580 g/mol. The number of hydrogen-bond donors (Lipinski definition) is 1. The van der Waals surface area contributed by atoms with E-state index in [0.717, 1.165) is 17.7 Å². The zero-order valence-corrected chi connectivity index (χ0v) is 24.1. The summed E-state index contributed by atoms with van der Waals surface area (Å²) in [5.74, 6) is 0.508. The number of amides is 2. The number of ether oxygens (including phenoxy) is 3. The average Bonchev–Trinajstić information content (AvgIpc) is 3.43. The Bertz CT molecular complexity index is 1560. The van der Waals surface area contributed by atoms with Gasteiger partial charge in [0, 0.05) is 42.6 Å². The molecular formula is C30H33N3O7S. The maximum atomic E-state index is 13.4. The van der Waals surface area contributed by atoms with Crippen LogP contribution >= 0.6 is 0 Å². The van der Waals surface area contributed by atoms with E-state index in [2.05, 4.69) is 5.32 Å². The first-order valence-electron chi connectivity index (χ1n) is 13.4. The summed E-state index contributed by atoms with van der Waals surface area (Å²) < 4.78 is 43.9. The molecule has 0 saturated carbocycles. The summed E-state index contributed by atoms with van der Waals surface area (Å²) in [5, 5.41) is 2.95. The monoisotopic (exact) mass is 579 g/mol. The van der Waals surface area contributed by atoms with Gasteiger partial charge in [-0.05, 0) is 73.4 Å². The molecule has 2 heterocycles. The van der Waals surface area contributed by atoms with Crippen molar-refractivity contribution >= 4 is 33.2 Å². The predicted octanol–water partition coefficient (Wildman–Crippen LogP) is 3.95. The van der Waals surface area contributed by atoms with Crippen LogP contribution in [0.3, 0.4) is 0 Å². The molecular weight excluding hydrogens is 546 g/mol. The Labute approximate surface area is 239 Å². The molecule has 0 spiro atoms. The number of carbonyl (C=O) groups is 2. The third-order valence-corrected chi connectivity index (χ3v) is 9.44. The van der Waals surface area contributed by atoms with Crippen molar-refractivity contribution in [1.29, 1.82) is 0 Å². The van der Waals surface area contributed by atoms with Gasteiger partial charge in [-0.15, -0.1) is 0 Å². The van der Waals surface area contributed by atoms with E-state index in [1.54, 1.807) is 42.3 Å². The third-order valence-electron chi connectivity index (χ3n) is 7.58. The van der Waals surface area contributed by atoms with Crippen LogP contribution in [0, 0.1) is 5.92 Å². The van der Waals surface area contributed by atoms with Crippen LogP contribution in [-0.4, -0.2) is 65.5 Å². The van der Waals surface area contributed by atoms with E-state index in [4.69, 9.17) is 14.2 Å². The highest BCUT2D eigenvalue weighted by atomic mass is 32.2. The third kappa shape index (κ3) is 5.73. The molecule has 2 aliphatic rings. The lowest BCUT2D eigenvalue weighted by Crippen LogP contribution is -2.43. The lowest BCUT2D eigenvalue weighted by Gasteiger charge is -2.31. The van der Waals surface area contributed by atoms with E-state index in [1.165, 1.54) is 30.7 Å². The van der Waals surface area contributed by atoms with Gasteiger partial charge in [-0.3, -0.25) is 9.59 Å². The number of carbonyl (C=O) groups excluding carboxylic acids is 2. The topological polar surface area (TPSA) is 114 Å². The Balaban J connectivity index is 1.29. The second-order valence-corrected chi connectivity index (χ2v) is 11.9. The van der Waals surface area contributed by atoms with Gasteiger partial charge in [0.15, 0.2) is 11.5 Å². The second-order valence-electron chi connectivity index (χ2n) is 9.99. The molecule has 0 radical (unpaired) electrons. The Hall–Kier alpha value is -4.09. The molecule has 0 aromatic heterocycles. The molecule has 1 saturated heterocycles. The fourth-order valence-electron chi connectivity index (χ4n) is 5.30. The number of sulfonamides is 1. The van der Waals surface area contributed by atoms with Crippen molar-refractivity contribution in [1.82, 2.24) is 4.31 Å². The molecule has 2 aliphatic heterocycles. The summed E-state index contributed by atoms with van der Waals surface area (Å²) in [4.78, 5) is 28.3. The zero-order valence-electron chi connectivity index (χ0n) is 23.3. The van der Waals surface area contributed by atoms with E-state index in [-0.39, 0.29) is 23.3 Å². The number of anilines is 2. The van der Waals surface area contributed by atoms with Gasteiger partial charge in [0.05, 0.1) is 32.1 Å². The molecule has 10 nitrogen and oxygen atoms in total. The number of fused-ring (bicyclic) bond motifs is 1. The van der Waals surface area contributed by atoms with Gasteiger partial charge in [-0.2, -0.15) is 4.31 Å². The van der Waals surface area contributed by atoms with Crippen LogP contribution in [0.5, 0.6) is 17.2 Å². The summed E-state index contributed by atoms with van der Waals surface area (Å²) in [6.45, 7) is 0.931. The largest absolute Gasteiger partial charge is 0.497 e. The number of nitrogens with zero attached hydrogens (tertiary/aromatic N) is 2. The fraction of sp³-hybridized carbons (Fsp3) is 0.333. The first-order chi connectivity index (χ1) is 19.7. The molecule has 216 valence electrons. The molecule has 1 fully saturated rings. The summed E-state index contributed by atoms with van der Waals surface area (Å²) in [6.07, 6.45) is 1.84. The first kappa shape index (κ1) is 28.4. The van der Waals surface area contributed by atoms with Gasteiger partial charge < -0.3 is 24.4 Å². The van der Waals surface area contributed by atoms with Gasteiger partial charge >= 0.3 is 0 Å². The van der Waals surface area contributed by atoms with E-state index >= 15 is 0 Å². The van der Waals surface area contributed by atoms with Gasteiger partial charge in [0.1, 0.15) is 5.75 Å². The quantitative estimate of drug-likeness (QED) is 0.430. The first-order valence-corrected chi connectivity index (χ1v) is 14.8. The van der Waals surface area contributed by atoms with Crippen molar-refractivity contribution < 1.29 is 32.2 Å². The molecule has 3 aromatic rings. The maximum Gasteiger partial charge on any atom is 0.258 e. The number of rotatable bonds is 8. The Morgan fingerprint density at radius 2 is 1.63 bits per heavy atom. The molecule has 1 N–H and O–H groups in total. The van der Waals surface area contributed by atoms with E-state index in [1.807, 2.05) is 18.2 Å². The van der Waals surface area contributed by atoms with Crippen LogP contribution in [-0.2, 0) is 21.2 Å². The molecule has 3 aromatic carbocycles. The molecule has 1 unspecified atom stereocenters. The lowest BCUT2D eigenvalue weighted by atomic mass is 9.98. The van der Waals surface area contributed by atoms with Crippen molar-refractivity contribution in [2.24, 2.45) is 5.92 Å². The Morgan fingerprint density at radius 3 is 2.34 bits per heavy atom. The van der Waals surface area contributed by atoms with Crippen LogP contribution in [0.25, 0.3) is 0 Å². The summed E-state index contributed by atoms with van der Waals surface area (Å²) in [7, 11) is 0.656. The summed E-state index contributed by atoms with van der Waals surface area (Å²) in [5.41, 5.74) is 2.88. The van der Waals surface area contributed by atoms with Crippen molar-refractivity contribution in [3.8, 4) is 17.2 Å². The van der Waals surface area contributed by atoms with Gasteiger partial charge in [-0.1, -0.05) is 6.07 Å². The summed E-state index contributed by atoms with van der Waals surface area (Å²) in [6, 6.07) is 17.0. The zero-order chi connectivity index (χ0) is 29.1. The lowest BCUT2D eigenvalue weighted by molar-refractivity contribution is -0.120. The van der Waals surface area contributed by atoms with Crippen molar-refractivity contribution in [2.75, 3.05) is 51.2 Å². The standard InChI is InChI=1S/C30H33N3O7S/c1-38-24-10-7-21(8-11-24)30(35)33-16-14-20-6-9-23(17-26(20)33)31-29(34)22-5-4-15-32(19-22)41(36,37)25-12-13-27(39-2)28(18-25)40-3/h6-13,17-18,22H,4-5,14-16,19H2,1-3H3,(H,31,34). The van der Waals surface area contributed by atoms with E-state index < -0.39 is 15.9 Å². The highest BCUT2D eigenvalue weighted by Gasteiger charge is 2.34. The smallest absolute Gasteiger partial charge is 0.258 e. The number of nitrogens with one attached hydrogen (secondary N) is 1. The SMILES string of the molecule is COc1ccc(C(=O)N2CCc3ccc(NC(=O)C4CCCN(S(=O)(=O)c5ccc(OC)c(OC)c5)C4)cc32)cc1. The Kier molecular flexibility index (Phi) is 8.18. The van der Waals surface area contributed by atoms with E-state index in [9.17, 15) is 18.0 Å². The normalized spacial score (nSPS) is 17.0. The molecule has 5 rings (SSSR count). The van der Waals surface area contributed by atoms with Crippen LogP contribution in [0.2, 0.25) is 0 Å². The van der Waals surface area contributed by atoms with Gasteiger partial charge in [-0.25, -0.2) is 8.42 Å². The molecule has 0 bridgehead atoms. The molecule has 1 atom stereocenters.